The second kappa shape index (κ2) is 9.36. The molecule has 0 spiro atoms. The van der Waals surface area contributed by atoms with Gasteiger partial charge in [0.1, 0.15) is 6.04 Å². The van der Waals surface area contributed by atoms with Gasteiger partial charge in [-0.05, 0) is 44.4 Å². The number of carbonyl (C=O) groups is 1. The van der Waals surface area contributed by atoms with Crippen molar-refractivity contribution < 1.29 is 19.0 Å². The van der Waals surface area contributed by atoms with Crippen molar-refractivity contribution in [2.24, 2.45) is 4.99 Å². The SMILES string of the molecule is COc1cccc(/C=c2\sc3n(c2=O)[C@H](c2cccs2)C(C(=O)OC(C)C)=C(C)N=3)c1OC. The zero-order chi connectivity index (χ0) is 23.7. The first-order valence-corrected chi connectivity index (χ1v) is 12.0. The van der Waals surface area contributed by atoms with E-state index in [2.05, 4.69) is 4.99 Å². The molecule has 1 atom stereocenters. The van der Waals surface area contributed by atoms with E-state index in [1.807, 2.05) is 29.6 Å². The second-order valence-corrected chi connectivity index (χ2v) is 9.62. The zero-order valence-corrected chi connectivity index (χ0v) is 20.6. The molecule has 2 aromatic heterocycles. The van der Waals surface area contributed by atoms with Crippen LogP contribution in [0.5, 0.6) is 11.5 Å². The van der Waals surface area contributed by atoms with Gasteiger partial charge in [-0.1, -0.05) is 29.5 Å². The summed E-state index contributed by atoms with van der Waals surface area (Å²) in [5.74, 6) is 0.650. The second-order valence-electron chi connectivity index (χ2n) is 7.63. The highest BCUT2D eigenvalue weighted by molar-refractivity contribution is 7.10. The summed E-state index contributed by atoms with van der Waals surface area (Å²) in [6, 6.07) is 8.71. The van der Waals surface area contributed by atoms with Crippen molar-refractivity contribution in [1.29, 1.82) is 0 Å². The van der Waals surface area contributed by atoms with Crippen LogP contribution in [0.25, 0.3) is 6.08 Å². The Kier molecular flexibility index (Phi) is 6.53. The van der Waals surface area contributed by atoms with Crippen molar-refractivity contribution in [1.82, 2.24) is 4.57 Å². The van der Waals surface area contributed by atoms with Crippen molar-refractivity contribution in [2.45, 2.75) is 32.9 Å². The van der Waals surface area contributed by atoms with Crippen LogP contribution in [-0.2, 0) is 9.53 Å². The molecule has 0 unspecified atom stereocenters. The van der Waals surface area contributed by atoms with Crippen molar-refractivity contribution in [3.05, 3.63) is 77.1 Å². The molecule has 1 aromatic carbocycles. The number of hydrogen-bond donors (Lipinski definition) is 0. The average molecular weight is 485 g/mol. The van der Waals surface area contributed by atoms with Gasteiger partial charge in [0.2, 0.25) is 0 Å². The summed E-state index contributed by atoms with van der Waals surface area (Å²) in [5.41, 5.74) is 1.41. The first kappa shape index (κ1) is 23.0. The first-order chi connectivity index (χ1) is 15.8. The Morgan fingerprint density at radius 2 is 1.97 bits per heavy atom. The van der Waals surface area contributed by atoms with E-state index >= 15 is 0 Å². The number of allylic oxidation sites excluding steroid dienone is 1. The Balaban J connectivity index is 1.94. The van der Waals surface area contributed by atoms with Crippen molar-refractivity contribution in [2.75, 3.05) is 14.2 Å². The molecule has 0 N–H and O–H groups in total. The Labute approximate surface area is 198 Å². The molecule has 4 rings (SSSR count). The lowest BCUT2D eigenvalue weighted by atomic mass is 10.0. The molecule has 0 amide bonds. The number of aromatic nitrogens is 1. The highest BCUT2D eigenvalue weighted by Gasteiger charge is 2.34. The number of carbonyl (C=O) groups excluding carboxylic acids is 1. The zero-order valence-electron chi connectivity index (χ0n) is 18.9. The fourth-order valence-electron chi connectivity index (χ4n) is 3.74. The van der Waals surface area contributed by atoms with Crippen molar-refractivity contribution in [3.63, 3.8) is 0 Å². The summed E-state index contributed by atoms with van der Waals surface area (Å²) in [6.45, 7) is 5.37. The molecule has 1 aliphatic heterocycles. The van der Waals surface area contributed by atoms with E-state index in [0.29, 0.717) is 37.7 Å². The molecule has 9 heteroatoms. The van der Waals surface area contributed by atoms with Gasteiger partial charge in [0.25, 0.3) is 5.56 Å². The van der Waals surface area contributed by atoms with Crippen molar-refractivity contribution in [3.8, 4) is 11.5 Å². The largest absolute Gasteiger partial charge is 0.493 e. The van der Waals surface area contributed by atoms with Gasteiger partial charge in [-0.25, -0.2) is 9.79 Å². The number of fused-ring (bicyclic) bond motifs is 1. The van der Waals surface area contributed by atoms with E-state index in [4.69, 9.17) is 14.2 Å². The molecule has 0 saturated heterocycles. The number of thiazole rings is 1. The highest BCUT2D eigenvalue weighted by atomic mass is 32.1. The number of ether oxygens (including phenoxy) is 3. The molecule has 0 aliphatic carbocycles. The quantitative estimate of drug-likeness (QED) is 0.502. The summed E-state index contributed by atoms with van der Waals surface area (Å²) < 4.78 is 18.5. The molecule has 0 saturated carbocycles. The molecule has 3 aromatic rings. The summed E-state index contributed by atoms with van der Waals surface area (Å²) in [5, 5.41) is 1.92. The van der Waals surface area contributed by atoms with Gasteiger partial charge in [-0.2, -0.15) is 0 Å². The number of esters is 1. The van der Waals surface area contributed by atoms with Crippen LogP contribution < -0.4 is 24.4 Å². The van der Waals surface area contributed by atoms with E-state index in [9.17, 15) is 9.59 Å². The molecule has 172 valence electrons. The summed E-state index contributed by atoms with van der Waals surface area (Å²) in [4.78, 5) is 32.6. The molecular formula is C24H24N2O5S2. The minimum atomic E-state index is -0.596. The fourth-order valence-corrected chi connectivity index (χ4v) is 5.60. The number of rotatable bonds is 6. The Hall–Kier alpha value is -3.17. The number of para-hydroxylation sites is 1. The predicted molar refractivity (Wildman–Crippen MR) is 129 cm³/mol. The molecule has 7 nitrogen and oxygen atoms in total. The van der Waals surface area contributed by atoms with Crippen LogP contribution in [-0.4, -0.2) is 30.9 Å². The van der Waals surface area contributed by atoms with E-state index in [1.54, 1.807) is 51.7 Å². The monoisotopic (exact) mass is 484 g/mol. The third-order valence-electron chi connectivity index (χ3n) is 5.12. The molecule has 1 aliphatic rings. The van der Waals surface area contributed by atoms with Crippen LogP contribution in [0, 0.1) is 0 Å². The fraction of sp³-hybridized carbons (Fsp3) is 0.292. The first-order valence-electron chi connectivity index (χ1n) is 10.3. The molecule has 3 heterocycles. The molecular weight excluding hydrogens is 460 g/mol. The average Bonchev–Trinajstić information content (AvgIpc) is 3.41. The lowest BCUT2D eigenvalue weighted by Crippen LogP contribution is -2.39. The lowest BCUT2D eigenvalue weighted by molar-refractivity contribution is -0.143. The third kappa shape index (κ3) is 4.26. The number of hydrogen-bond acceptors (Lipinski definition) is 8. The van der Waals surface area contributed by atoms with E-state index in [-0.39, 0.29) is 11.7 Å². The smallest absolute Gasteiger partial charge is 0.338 e. The van der Waals surface area contributed by atoms with Gasteiger partial charge in [-0.3, -0.25) is 9.36 Å². The van der Waals surface area contributed by atoms with Gasteiger partial charge in [0.15, 0.2) is 16.3 Å². The third-order valence-corrected chi connectivity index (χ3v) is 7.02. The molecule has 0 bridgehead atoms. The van der Waals surface area contributed by atoms with Crippen LogP contribution >= 0.6 is 22.7 Å². The van der Waals surface area contributed by atoms with E-state index in [0.717, 1.165) is 4.88 Å². The standard InChI is InChI=1S/C24H24N2O5S2/c1-13(2)31-23(28)19-14(3)25-24-26(20(19)17-10-7-11-32-17)22(27)18(33-24)12-15-8-6-9-16(29-4)21(15)30-5/h6-13,20H,1-5H3/b18-12-/t20-/m1/s1. The van der Waals surface area contributed by atoms with Gasteiger partial charge in [0.05, 0.1) is 36.1 Å². The maximum atomic E-state index is 13.6. The van der Waals surface area contributed by atoms with Gasteiger partial charge in [-0.15, -0.1) is 11.3 Å². The van der Waals surface area contributed by atoms with Gasteiger partial charge < -0.3 is 14.2 Å². The van der Waals surface area contributed by atoms with Gasteiger partial charge >= 0.3 is 5.97 Å². The minimum absolute atomic E-state index is 0.232. The summed E-state index contributed by atoms with van der Waals surface area (Å²) in [7, 11) is 3.13. The van der Waals surface area contributed by atoms with E-state index < -0.39 is 12.0 Å². The van der Waals surface area contributed by atoms with Crippen LogP contribution in [0.2, 0.25) is 0 Å². The highest BCUT2D eigenvalue weighted by Crippen LogP contribution is 2.34. The normalized spacial score (nSPS) is 15.9. The van der Waals surface area contributed by atoms with Crippen molar-refractivity contribution >= 4 is 34.7 Å². The Morgan fingerprint density at radius 1 is 1.18 bits per heavy atom. The van der Waals surface area contributed by atoms with Crippen LogP contribution in [0.4, 0.5) is 0 Å². The van der Waals surface area contributed by atoms with E-state index in [1.165, 1.54) is 22.7 Å². The molecule has 0 radical (unpaired) electrons. The lowest BCUT2D eigenvalue weighted by Gasteiger charge is -2.24. The summed E-state index contributed by atoms with van der Waals surface area (Å²) in [6.07, 6.45) is 1.48. The predicted octanol–water partition coefficient (Wildman–Crippen LogP) is 3.27. The number of nitrogens with zero attached hydrogens (tertiary/aromatic N) is 2. The number of methoxy groups -OCH3 is 2. The van der Waals surface area contributed by atoms with Gasteiger partial charge in [0, 0.05) is 10.4 Å². The Morgan fingerprint density at radius 3 is 2.61 bits per heavy atom. The maximum Gasteiger partial charge on any atom is 0.338 e. The van der Waals surface area contributed by atoms with Crippen LogP contribution in [0.15, 0.2) is 56.8 Å². The Bertz CT molecular complexity index is 1400. The molecule has 33 heavy (non-hydrogen) atoms. The number of benzene rings is 1. The summed E-state index contributed by atoms with van der Waals surface area (Å²) >= 11 is 2.75. The number of thiophene rings is 1. The minimum Gasteiger partial charge on any atom is -0.493 e. The van der Waals surface area contributed by atoms with Crippen LogP contribution in [0.3, 0.4) is 0 Å². The molecule has 0 fully saturated rings. The van der Waals surface area contributed by atoms with Crippen LogP contribution in [0.1, 0.15) is 37.3 Å². The maximum absolute atomic E-state index is 13.6. The topological polar surface area (TPSA) is 79.1 Å².